The molecular formula is C22H20FN7OS2. The highest BCUT2D eigenvalue weighted by atomic mass is 32.2. The number of carbonyl (C=O) groups is 1. The Kier molecular flexibility index (Phi) is 6.86. The maximum Gasteiger partial charge on any atom is 0.236 e. The molecule has 0 spiro atoms. The van der Waals surface area contributed by atoms with E-state index < -0.39 is 5.82 Å². The first-order valence-corrected chi connectivity index (χ1v) is 11.9. The van der Waals surface area contributed by atoms with Gasteiger partial charge >= 0.3 is 0 Å². The number of rotatable bonds is 8. The Morgan fingerprint density at radius 2 is 2.15 bits per heavy atom. The summed E-state index contributed by atoms with van der Waals surface area (Å²) >= 11 is 2.88. The molecule has 1 N–H and O–H groups in total. The summed E-state index contributed by atoms with van der Waals surface area (Å²) in [4.78, 5) is 14.0. The molecule has 0 saturated carbocycles. The van der Waals surface area contributed by atoms with Gasteiger partial charge in [0.2, 0.25) is 11.1 Å². The molecule has 0 saturated heterocycles. The van der Waals surface area contributed by atoms with Gasteiger partial charge in [-0.1, -0.05) is 23.9 Å². The zero-order valence-corrected chi connectivity index (χ0v) is 19.6. The SMILES string of the molecule is Cc1c(C#N)c(NC(=O)CSc2nnnn2CCc2cccs2)n(-c2cccc(F)c2)c1C. The van der Waals surface area contributed by atoms with Crippen molar-refractivity contribution in [1.82, 2.24) is 24.8 Å². The molecule has 4 rings (SSSR count). The highest BCUT2D eigenvalue weighted by Crippen LogP contribution is 2.30. The van der Waals surface area contributed by atoms with Crippen LogP contribution >= 0.6 is 23.1 Å². The van der Waals surface area contributed by atoms with Gasteiger partial charge in [-0.15, -0.1) is 16.4 Å². The van der Waals surface area contributed by atoms with Gasteiger partial charge in [0.1, 0.15) is 17.7 Å². The number of carbonyl (C=O) groups excluding carboxylic acids is 1. The van der Waals surface area contributed by atoms with E-state index in [-0.39, 0.29) is 11.7 Å². The minimum atomic E-state index is -0.404. The van der Waals surface area contributed by atoms with Gasteiger partial charge in [-0.3, -0.25) is 9.36 Å². The molecule has 11 heteroatoms. The predicted molar refractivity (Wildman–Crippen MR) is 125 cm³/mol. The fraction of sp³-hybridized carbons (Fsp3) is 0.227. The average molecular weight is 482 g/mol. The lowest BCUT2D eigenvalue weighted by atomic mass is 10.2. The van der Waals surface area contributed by atoms with Crippen LogP contribution in [-0.2, 0) is 17.8 Å². The van der Waals surface area contributed by atoms with Gasteiger partial charge in [-0.25, -0.2) is 9.07 Å². The number of hydrogen-bond donors (Lipinski definition) is 1. The molecule has 168 valence electrons. The van der Waals surface area contributed by atoms with Crippen LogP contribution in [0.25, 0.3) is 5.69 Å². The predicted octanol–water partition coefficient (Wildman–Crippen LogP) is 4.13. The molecule has 0 bridgehead atoms. The summed E-state index contributed by atoms with van der Waals surface area (Å²) in [6.45, 7) is 4.24. The van der Waals surface area contributed by atoms with Crippen molar-refractivity contribution < 1.29 is 9.18 Å². The second-order valence-corrected chi connectivity index (χ2v) is 9.19. The van der Waals surface area contributed by atoms with E-state index in [0.717, 1.165) is 17.7 Å². The summed E-state index contributed by atoms with van der Waals surface area (Å²) in [7, 11) is 0. The second-order valence-electron chi connectivity index (χ2n) is 7.21. The summed E-state index contributed by atoms with van der Waals surface area (Å²) < 4.78 is 17.2. The van der Waals surface area contributed by atoms with Crippen LogP contribution in [0, 0.1) is 31.0 Å². The summed E-state index contributed by atoms with van der Waals surface area (Å²) in [5.74, 6) is -0.351. The molecule has 0 radical (unpaired) electrons. The lowest BCUT2D eigenvalue weighted by molar-refractivity contribution is -0.113. The molecule has 33 heavy (non-hydrogen) atoms. The average Bonchev–Trinajstić information content (AvgIpc) is 3.52. The minimum absolute atomic E-state index is 0.0523. The zero-order valence-electron chi connectivity index (χ0n) is 17.9. The number of nitriles is 1. The molecule has 4 aromatic rings. The number of nitrogens with zero attached hydrogens (tertiary/aromatic N) is 6. The Labute approximate surface area is 198 Å². The topological polar surface area (TPSA) is 101 Å². The molecule has 0 aliphatic carbocycles. The van der Waals surface area contributed by atoms with Gasteiger partial charge in [0.25, 0.3) is 0 Å². The van der Waals surface area contributed by atoms with Crippen LogP contribution in [0.4, 0.5) is 10.2 Å². The van der Waals surface area contributed by atoms with Crippen LogP contribution in [0.1, 0.15) is 21.7 Å². The number of anilines is 1. The first kappa shape index (κ1) is 22.7. The van der Waals surface area contributed by atoms with Gasteiger partial charge in [0, 0.05) is 17.0 Å². The fourth-order valence-corrected chi connectivity index (χ4v) is 4.81. The molecule has 8 nitrogen and oxygen atoms in total. The molecule has 3 aromatic heterocycles. The van der Waals surface area contributed by atoms with Crippen LogP contribution in [0.15, 0.2) is 46.9 Å². The Bertz CT molecular complexity index is 1320. The molecule has 0 atom stereocenters. The normalized spacial score (nSPS) is 10.8. The number of benzene rings is 1. The summed E-state index contributed by atoms with van der Waals surface area (Å²) in [5.41, 5.74) is 2.34. The van der Waals surface area contributed by atoms with E-state index in [0.29, 0.717) is 28.8 Å². The molecule has 3 heterocycles. The van der Waals surface area contributed by atoms with Crippen molar-refractivity contribution in [2.24, 2.45) is 0 Å². The Balaban J connectivity index is 1.49. The molecule has 0 unspecified atom stereocenters. The molecule has 1 aromatic carbocycles. The molecule has 1 amide bonds. The lowest BCUT2D eigenvalue weighted by Gasteiger charge is -2.13. The number of thioether (sulfide) groups is 1. The van der Waals surface area contributed by atoms with E-state index in [1.807, 2.05) is 18.4 Å². The summed E-state index contributed by atoms with van der Waals surface area (Å²) in [6.07, 6.45) is 0.799. The van der Waals surface area contributed by atoms with Gasteiger partial charge in [0.15, 0.2) is 0 Å². The van der Waals surface area contributed by atoms with E-state index in [1.54, 1.807) is 39.6 Å². The third kappa shape index (κ3) is 4.97. The molecular weight excluding hydrogens is 461 g/mol. The minimum Gasteiger partial charge on any atom is -0.310 e. The van der Waals surface area contributed by atoms with E-state index in [4.69, 9.17) is 0 Å². The van der Waals surface area contributed by atoms with Gasteiger partial charge in [-0.05, 0) is 59.5 Å². The van der Waals surface area contributed by atoms with Gasteiger partial charge in [-0.2, -0.15) is 5.26 Å². The summed E-state index contributed by atoms with van der Waals surface area (Å²) in [6, 6.07) is 12.2. The number of hydrogen-bond acceptors (Lipinski definition) is 7. The van der Waals surface area contributed by atoms with E-state index >= 15 is 0 Å². The number of thiophene rings is 1. The largest absolute Gasteiger partial charge is 0.310 e. The van der Waals surface area contributed by atoms with Crippen LogP contribution in [0.2, 0.25) is 0 Å². The van der Waals surface area contributed by atoms with Crippen molar-refractivity contribution in [2.45, 2.75) is 32.0 Å². The van der Waals surface area contributed by atoms with Crippen LogP contribution in [0.3, 0.4) is 0 Å². The fourth-order valence-electron chi connectivity index (χ4n) is 3.41. The smallest absolute Gasteiger partial charge is 0.236 e. The Morgan fingerprint density at radius 1 is 1.30 bits per heavy atom. The van der Waals surface area contributed by atoms with Gasteiger partial charge < -0.3 is 5.32 Å². The highest BCUT2D eigenvalue weighted by Gasteiger charge is 2.21. The number of halogens is 1. The lowest BCUT2D eigenvalue weighted by Crippen LogP contribution is -2.18. The van der Waals surface area contributed by atoms with Crippen molar-refractivity contribution in [3.8, 4) is 11.8 Å². The maximum absolute atomic E-state index is 13.8. The monoisotopic (exact) mass is 481 g/mol. The van der Waals surface area contributed by atoms with E-state index in [1.165, 1.54) is 28.8 Å². The first-order chi connectivity index (χ1) is 16.0. The number of amides is 1. The number of aryl methyl sites for hydroxylation is 2. The maximum atomic E-state index is 13.8. The number of nitrogens with one attached hydrogen (secondary N) is 1. The Morgan fingerprint density at radius 3 is 2.88 bits per heavy atom. The van der Waals surface area contributed by atoms with Crippen molar-refractivity contribution in [2.75, 3.05) is 11.1 Å². The third-order valence-electron chi connectivity index (χ3n) is 5.13. The van der Waals surface area contributed by atoms with Crippen molar-refractivity contribution >= 4 is 34.8 Å². The third-order valence-corrected chi connectivity index (χ3v) is 7.02. The second kappa shape index (κ2) is 9.97. The van der Waals surface area contributed by atoms with Crippen molar-refractivity contribution in [1.29, 1.82) is 5.26 Å². The quantitative estimate of drug-likeness (QED) is 0.380. The van der Waals surface area contributed by atoms with Gasteiger partial charge in [0.05, 0.1) is 23.5 Å². The summed E-state index contributed by atoms with van der Waals surface area (Å²) in [5, 5.41) is 26.8. The molecule has 0 aliphatic rings. The number of aromatic nitrogens is 5. The highest BCUT2D eigenvalue weighted by molar-refractivity contribution is 7.99. The Hall–Kier alpha value is -3.49. The van der Waals surface area contributed by atoms with E-state index in [2.05, 4.69) is 33.0 Å². The first-order valence-electron chi connectivity index (χ1n) is 10.1. The van der Waals surface area contributed by atoms with Crippen LogP contribution in [-0.4, -0.2) is 36.4 Å². The zero-order chi connectivity index (χ0) is 23.4. The molecule has 0 aliphatic heterocycles. The van der Waals surface area contributed by atoms with Crippen LogP contribution < -0.4 is 5.32 Å². The van der Waals surface area contributed by atoms with Crippen molar-refractivity contribution in [3.63, 3.8) is 0 Å². The standard InChI is InChI=1S/C22H20FN7OS2/c1-14-15(2)30(17-6-3-5-16(23)11-17)21(19(14)12-24)25-20(31)13-33-22-26-27-28-29(22)9-8-18-7-4-10-32-18/h3-7,10-11H,8-9,13H2,1-2H3,(H,25,31). The van der Waals surface area contributed by atoms with Crippen molar-refractivity contribution in [3.05, 3.63) is 69.3 Å². The molecule has 0 fully saturated rings. The van der Waals surface area contributed by atoms with E-state index in [9.17, 15) is 14.4 Å². The van der Waals surface area contributed by atoms with Crippen LogP contribution in [0.5, 0.6) is 0 Å². The number of tetrazole rings is 1.